The number of amides is 1. The molecule has 3 unspecified atom stereocenters. The van der Waals surface area contributed by atoms with Crippen LogP contribution in [0, 0.1) is 17.3 Å². The third-order valence-electron chi connectivity index (χ3n) is 4.35. The van der Waals surface area contributed by atoms with Crippen LogP contribution in [0.5, 0.6) is 0 Å². The highest BCUT2D eigenvalue weighted by molar-refractivity contribution is 7.80. The van der Waals surface area contributed by atoms with E-state index in [1.807, 2.05) is 13.8 Å². The lowest BCUT2D eigenvalue weighted by molar-refractivity contribution is -0.127. The summed E-state index contributed by atoms with van der Waals surface area (Å²) in [5.74, 6) is 1.38. The van der Waals surface area contributed by atoms with Gasteiger partial charge in [0.15, 0.2) is 0 Å². The molecular weight excluding hydrogens is 244 g/mol. The highest BCUT2D eigenvalue weighted by Crippen LogP contribution is 2.28. The molecule has 0 aliphatic heterocycles. The number of hydrogen-bond acceptors (Lipinski definition) is 2. The van der Waals surface area contributed by atoms with Crippen LogP contribution in [-0.4, -0.2) is 17.4 Å². The topological polar surface area (TPSA) is 55.1 Å². The van der Waals surface area contributed by atoms with Crippen molar-refractivity contribution < 1.29 is 4.79 Å². The molecule has 1 rings (SSSR count). The van der Waals surface area contributed by atoms with Crippen molar-refractivity contribution in [2.24, 2.45) is 23.0 Å². The lowest BCUT2D eigenvalue weighted by Gasteiger charge is -2.30. The summed E-state index contributed by atoms with van der Waals surface area (Å²) in [5.41, 5.74) is 4.98. The fourth-order valence-electron chi connectivity index (χ4n) is 2.62. The molecule has 1 fully saturated rings. The van der Waals surface area contributed by atoms with Crippen molar-refractivity contribution in [2.75, 3.05) is 6.54 Å². The van der Waals surface area contributed by atoms with Crippen LogP contribution in [0.2, 0.25) is 0 Å². The summed E-state index contributed by atoms with van der Waals surface area (Å²) in [4.78, 5) is 12.5. The van der Waals surface area contributed by atoms with Crippen LogP contribution in [-0.2, 0) is 4.79 Å². The molecule has 1 aliphatic rings. The van der Waals surface area contributed by atoms with E-state index in [0.29, 0.717) is 17.3 Å². The van der Waals surface area contributed by atoms with Gasteiger partial charge in [-0.3, -0.25) is 4.79 Å². The molecule has 1 saturated carbocycles. The maximum absolute atomic E-state index is 12.2. The Kier molecular flexibility index (Phi) is 5.57. The lowest BCUT2D eigenvalue weighted by atomic mass is 9.82. The zero-order chi connectivity index (χ0) is 13.8. The van der Waals surface area contributed by atoms with Crippen LogP contribution in [0.4, 0.5) is 0 Å². The Morgan fingerprint density at radius 2 is 2.17 bits per heavy atom. The minimum Gasteiger partial charge on any atom is -0.392 e. The first-order chi connectivity index (χ1) is 8.40. The molecule has 1 aliphatic carbocycles. The second-order valence-electron chi connectivity index (χ2n) is 5.90. The molecule has 0 aromatic heterocycles. The van der Waals surface area contributed by atoms with Gasteiger partial charge in [0.2, 0.25) is 5.91 Å². The van der Waals surface area contributed by atoms with Gasteiger partial charge in [-0.05, 0) is 38.0 Å². The van der Waals surface area contributed by atoms with Crippen molar-refractivity contribution in [3.63, 3.8) is 0 Å². The van der Waals surface area contributed by atoms with Crippen molar-refractivity contribution in [3.05, 3.63) is 0 Å². The number of hydrogen-bond donors (Lipinski definition) is 2. The zero-order valence-electron chi connectivity index (χ0n) is 11.8. The lowest BCUT2D eigenvalue weighted by Crippen LogP contribution is -2.47. The quantitative estimate of drug-likeness (QED) is 0.755. The predicted molar refractivity (Wildman–Crippen MR) is 79.3 cm³/mol. The molecule has 4 heteroatoms. The van der Waals surface area contributed by atoms with E-state index in [4.69, 9.17) is 18.0 Å². The molecule has 0 spiro atoms. The molecule has 104 valence electrons. The molecule has 1 amide bonds. The Morgan fingerprint density at radius 1 is 1.50 bits per heavy atom. The smallest absolute Gasteiger partial charge is 0.232 e. The van der Waals surface area contributed by atoms with E-state index in [1.54, 1.807) is 0 Å². The zero-order valence-corrected chi connectivity index (χ0v) is 12.6. The second kappa shape index (κ2) is 6.50. The van der Waals surface area contributed by atoms with E-state index >= 15 is 0 Å². The highest BCUT2D eigenvalue weighted by atomic mass is 32.1. The molecule has 0 radical (unpaired) electrons. The van der Waals surface area contributed by atoms with Crippen molar-refractivity contribution in [2.45, 2.75) is 52.9 Å². The van der Waals surface area contributed by atoms with Gasteiger partial charge in [-0.15, -0.1) is 0 Å². The Morgan fingerprint density at radius 3 is 2.67 bits per heavy atom. The molecule has 0 saturated heterocycles. The highest BCUT2D eigenvalue weighted by Gasteiger charge is 2.34. The summed E-state index contributed by atoms with van der Waals surface area (Å²) in [6, 6.07) is 0. The first kappa shape index (κ1) is 15.4. The summed E-state index contributed by atoms with van der Waals surface area (Å²) >= 11 is 5.01. The van der Waals surface area contributed by atoms with Crippen molar-refractivity contribution in [1.29, 1.82) is 0 Å². The Labute approximate surface area is 116 Å². The number of thiocarbonyl (C=S) groups is 1. The normalized spacial score (nSPS) is 27.3. The van der Waals surface area contributed by atoms with Crippen molar-refractivity contribution in [1.82, 2.24) is 5.32 Å². The van der Waals surface area contributed by atoms with Crippen molar-refractivity contribution >= 4 is 23.1 Å². The molecule has 0 bridgehead atoms. The predicted octanol–water partition coefficient (Wildman–Crippen LogP) is 2.63. The SMILES string of the molecule is CCC(C)(C(=O)NCC1CCCC(C)C1)C(N)=S. The third-order valence-corrected chi connectivity index (χ3v) is 4.80. The summed E-state index contributed by atoms with van der Waals surface area (Å²) in [5, 5.41) is 3.04. The van der Waals surface area contributed by atoms with Crippen LogP contribution in [0.1, 0.15) is 52.9 Å². The number of nitrogens with two attached hydrogens (primary N) is 1. The molecule has 18 heavy (non-hydrogen) atoms. The summed E-state index contributed by atoms with van der Waals surface area (Å²) in [6.45, 7) is 6.83. The monoisotopic (exact) mass is 270 g/mol. The van der Waals surface area contributed by atoms with E-state index < -0.39 is 5.41 Å². The first-order valence-corrected chi connectivity index (χ1v) is 7.39. The van der Waals surface area contributed by atoms with Gasteiger partial charge in [0.1, 0.15) is 0 Å². The fourth-order valence-corrected chi connectivity index (χ4v) is 2.86. The van der Waals surface area contributed by atoms with Gasteiger partial charge in [-0.25, -0.2) is 0 Å². The maximum atomic E-state index is 12.2. The summed E-state index contributed by atoms with van der Waals surface area (Å²) in [6.07, 6.45) is 5.69. The second-order valence-corrected chi connectivity index (χ2v) is 6.34. The first-order valence-electron chi connectivity index (χ1n) is 6.98. The van der Waals surface area contributed by atoms with E-state index in [-0.39, 0.29) is 5.91 Å². The number of carbonyl (C=O) groups is 1. The fraction of sp³-hybridized carbons (Fsp3) is 0.857. The summed E-state index contributed by atoms with van der Waals surface area (Å²) in [7, 11) is 0. The average molecular weight is 270 g/mol. The molecule has 3 N–H and O–H groups in total. The van der Waals surface area contributed by atoms with Crippen LogP contribution in [0.25, 0.3) is 0 Å². The average Bonchev–Trinajstić information content (AvgIpc) is 2.34. The Balaban J connectivity index is 2.47. The van der Waals surface area contributed by atoms with E-state index in [1.165, 1.54) is 25.7 Å². The summed E-state index contributed by atoms with van der Waals surface area (Å²) < 4.78 is 0. The van der Waals surface area contributed by atoms with Gasteiger partial charge in [-0.1, -0.05) is 38.9 Å². The molecule has 0 aromatic carbocycles. The number of nitrogens with one attached hydrogen (secondary N) is 1. The minimum absolute atomic E-state index is 0.0178. The molecular formula is C14H26N2OS. The van der Waals surface area contributed by atoms with E-state index in [9.17, 15) is 4.79 Å². The van der Waals surface area contributed by atoms with Crippen molar-refractivity contribution in [3.8, 4) is 0 Å². The maximum Gasteiger partial charge on any atom is 0.232 e. The number of carbonyl (C=O) groups excluding carboxylic acids is 1. The minimum atomic E-state index is -0.699. The van der Waals surface area contributed by atoms with E-state index in [0.717, 1.165) is 12.5 Å². The Bertz CT molecular complexity index is 319. The molecule has 3 atom stereocenters. The van der Waals surface area contributed by atoms with Crippen LogP contribution >= 0.6 is 12.2 Å². The van der Waals surface area contributed by atoms with Gasteiger partial charge in [0, 0.05) is 6.54 Å². The van der Waals surface area contributed by atoms with Crippen LogP contribution in [0.3, 0.4) is 0 Å². The van der Waals surface area contributed by atoms with Gasteiger partial charge < -0.3 is 11.1 Å². The number of rotatable bonds is 5. The Hall–Kier alpha value is -0.640. The third kappa shape index (κ3) is 3.67. The molecule has 0 heterocycles. The van der Waals surface area contributed by atoms with Gasteiger partial charge in [0.05, 0.1) is 10.4 Å². The standard InChI is InChI=1S/C14H26N2OS/c1-4-14(3,12(15)18)13(17)16-9-11-7-5-6-10(2)8-11/h10-11H,4-9H2,1-3H3,(H2,15,18)(H,16,17). The van der Waals surface area contributed by atoms with Crippen LogP contribution < -0.4 is 11.1 Å². The van der Waals surface area contributed by atoms with Gasteiger partial charge in [-0.2, -0.15) is 0 Å². The van der Waals surface area contributed by atoms with Gasteiger partial charge >= 0.3 is 0 Å². The van der Waals surface area contributed by atoms with E-state index in [2.05, 4.69) is 12.2 Å². The molecule has 0 aromatic rings. The van der Waals surface area contributed by atoms with Crippen LogP contribution in [0.15, 0.2) is 0 Å². The largest absolute Gasteiger partial charge is 0.392 e. The molecule has 3 nitrogen and oxygen atoms in total. The van der Waals surface area contributed by atoms with Gasteiger partial charge in [0.25, 0.3) is 0 Å².